The van der Waals surface area contributed by atoms with Gasteiger partial charge in [0, 0.05) is 11.0 Å². The number of benzene rings is 1. The third-order valence-corrected chi connectivity index (χ3v) is 6.32. The van der Waals surface area contributed by atoms with Gasteiger partial charge >= 0.3 is 0 Å². The summed E-state index contributed by atoms with van der Waals surface area (Å²) in [6.07, 6.45) is 3.44. The Balaban J connectivity index is 1.84. The molecule has 0 heterocycles. The van der Waals surface area contributed by atoms with Crippen molar-refractivity contribution in [2.24, 2.45) is 16.7 Å². The maximum absolute atomic E-state index is 14.1. The highest BCUT2D eigenvalue weighted by Crippen LogP contribution is 2.66. The van der Waals surface area contributed by atoms with E-state index < -0.39 is 5.82 Å². The Morgan fingerprint density at radius 1 is 1.33 bits per heavy atom. The van der Waals surface area contributed by atoms with Gasteiger partial charge in [-0.15, -0.1) is 0 Å². The first-order valence-corrected chi connectivity index (χ1v) is 7.73. The van der Waals surface area contributed by atoms with Gasteiger partial charge in [-0.3, -0.25) is 4.79 Å². The molecule has 2 bridgehead atoms. The lowest BCUT2D eigenvalue weighted by Crippen LogP contribution is -2.39. The number of fused-ring (bicyclic) bond motifs is 2. The van der Waals surface area contributed by atoms with Gasteiger partial charge in [0.05, 0.1) is 0 Å². The average Bonchev–Trinajstić information content (AvgIpc) is 2.74. The SMILES string of the molecule is CC(=O)c1ccc(OC2CC3CCC2(C)C3(C)C)c(F)c1. The van der Waals surface area contributed by atoms with Crippen LogP contribution < -0.4 is 4.74 Å². The first-order valence-electron chi connectivity index (χ1n) is 7.73. The Morgan fingerprint density at radius 2 is 2.05 bits per heavy atom. The first-order chi connectivity index (χ1) is 9.75. The van der Waals surface area contributed by atoms with Crippen LogP contribution in [0.25, 0.3) is 0 Å². The standard InChI is InChI=1S/C18H23FO2/c1-11(20)12-5-6-15(14(19)9-12)21-16-10-13-7-8-18(16,4)17(13,2)3/h5-6,9,13,16H,7-8,10H2,1-4H3. The largest absolute Gasteiger partial charge is 0.487 e. The Hall–Kier alpha value is -1.38. The third-order valence-electron chi connectivity index (χ3n) is 6.32. The molecule has 3 rings (SSSR count). The Labute approximate surface area is 125 Å². The molecule has 2 nitrogen and oxygen atoms in total. The zero-order valence-corrected chi connectivity index (χ0v) is 13.2. The quantitative estimate of drug-likeness (QED) is 0.759. The summed E-state index contributed by atoms with van der Waals surface area (Å²) in [7, 11) is 0. The molecular weight excluding hydrogens is 267 g/mol. The van der Waals surface area contributed by atoms with Crippen molar-refractivity contribution in [3.05, 3.63) is 29.6 Å². The number of carbonyl (C=O) groups excluding carboxylic acids is 1. The van der Waals surface area contributed by atoms with E-state index in [0.717, 1.165) is 12.8 Å². The zero-order chi connectivity index (χ0) is 15.4. The minimum absolute atomic E-state index is 0.0592. The summed E-state index contributed by atoms with van der Waals surface area (Å²) in [6.45, 7) is 8.33. The van der Waals surface area contributed by atoms with Crippen molar-refractivity contribution in [2.45, 2.75) is 53.1 Å². The van der Waals surface area contributed by atoms with Gasteiger partial charge in [-0.2, -0.15) is 0 Å². The molecule has 2 fully saturated rings. The predicted molar refractivity (Wildman–Crippen MR) is 80.0 cm³/mol. The van der Waals surface area contributed by atoms with Gasteiger partial charge in [0.2, 0.25) is 0 Å². The van der Waals surface area contributed by atoms with E-state index in [1.807, 2.05) is 0 Å². The van der Waals surface area contributed by atoms with Crippen LogP contribution >= 0.6 is 0 Å². The normalized spacial score (nSPS) is 33.2. The van der Waals surface area contributed by atoms with Crippen LogP contribution in [0, 0.1) is 22.6 Å². The molecule has 3 unspecified atom stereocenters. The van der Waals surface area contributed by atoms with Gasteiger partial charge in [-0.25, -0.2) is 4.39 Å². The fourth-order valence-electron chi connectivity index (χ4n) is 4.28. The molecule has 0 saturated heterocycles. The van der Waals surface area contributed by atoms with E-state index >= 15 is 0 Å². The van der Waals surface area contributed by atoms with Crippen molar-refractivity contribution in [2.75, 3.05) is 0 Å². The van der Waals surface area contributed by atoms with E-state index in [4.69, 9.17) is 4.74 Å². The van der Waals surface area contributed by atoms with Crippen LogP contribution in [0.1, 0.15) is 57.3 Å². The summed E-state index contributed by atoms with van der Waals surface area (Å²) in [5.41, 5.74) is 0.732. The van der Waals surface area contributed by atoms with Crippen LogP contribution in [0.3, 0.4) is 0 Å². The van der Waals surface area contributed by atoms with E-state index in [0.29, 0.717) is 11.5 Å². The zero-order valence-electron chi connectivity index (χ0n) is 13.2. The number of hydrogen-bond donors (Lipinski definition) is 0. The number of halogens is 1. The van der Waals surface area contributed by atoms with Crippen molar-refractivity contribution < 1.29 is 13.9 Å². The molecule has 3 heteroatoms. The molecule has 114 valence electrons. The molecule has 1 aromatic carbocycles. The summed E-state index contributed by atoms with van der Waals surface area (Å²) < 4.78 is 20.2. The monoisotopic (exact) mass is 290 g/mol. The van der Waals surface area contributed by atoms with Crippen LogP contribution in [0.2, 0.25) is 0 Å². The van der Waals surface area contributed by atoms with E-state index in [1.54, 1.807) is 12.1 Å². The van der Waals surface area contributed by atoms with Crippen molar-refractivity contribution in [1.82, 2.24) is 0 Å². The smallest absolute Gasteiger partial charge is 0.165 e. The summed E-state index contributed by atoms with van der Waals surface area (Å²) in [5.74, 6) is 0.363. The van der Waals surface area contributed by atoms with Gasteiger partial charge in [0.25, 0.3) is 0 Å². The number of carbonyl (C=O) groups is 1. The molecule has 0 radical (unpaired) electrons. The minimum Gasteiger partial charge on any atom is -0.487 e. The fraction of sp³-hybridized carbons (Fsp3) is 0.611. The number of ether oxygens (including phenoxy) is 1. The summed E-state index contributed by atoms with van der Waals surface area (Å²) in [4.78, 5) is 11.3. The van der Waals surface area contributed by atoms with Crippen LogP contribution in [0.5, 0.6) is 5.75 Å². The lowest BCUT2D eigenvalue weighted by molar-refractivity contribution is 0.0278. The van der Waals surface area contributed by atoms with Crippen molar-refractivity contribution in [1.29, 1.82) is 0 Å². The molecule has 0 N–H and O–H groups in total. The van der Waals surface area contributed by atoms with Crippen LogP contribution in [-0.4, -0.2) is 11.9 Å². The molecule has 1 aromatic rings. The Bertz CT molecular complexity index is 593. The lowest BCUT2D eigenvalue weighted by atomic mass is 9.70. The lowest BCUT2D eigenvalue weighted by Gasteiger charge is -2.38. The number of hydrogen-bond acceptors (Lipinski definition) is 2. The van der Waals surface area contributed by atoms with Gasteiger partial charge in [-0.05, 0) is 55.7 Å². The van der Waals surface area contributed by atoms with Crippen molar-refractivity contribution >= 4 is 5.78 Å². The highest BCUT2D eigenvalue weighted by atomic mass is 19.1. The molecule has 0 amide bonds. The molecule has 0 spiro atoms. The van der Waals surface area contributed by atoms with E-state index in [-0.39, 0.29) is 28.5 Å². The maximum Gasteiger partial charge on any atom is 0.165 e. The minimum atomic E-state index is -0.438. The maximum atomic E-state index is 14.1. The number of ketones is 1. The fourth-order valence-corrected chi connectivity index (χ4v) is 4.28. The molecule has 2 aliphatic carbocycles. The number of Topliss-reactive ketones (excluding diaryl/α,β-unsaturated/α-hetero) is 1. The number of rotatable bonds is 3. The summed E-state index contributed by atoms with van der Waals surface area (Å²) >= 11 is 0. The highest BCUT2D eigenvalue weighted by molar-refractivity contribution is 5.94. The third kappa shape index (κ3) is 2.01. The van der Waals surface area contributed by atoms with E-state index in [1.165, 1.54) is 19.4 Å². The molecule has 0 aliphatic heterocycles. The first kappa shape index (κ1) is 14.6. The van der Waals surface area contributed by atoms with Crippen LogP contribution in [0.4, 0.5) is 4.39 Å². The van der Waals surface area contributed by atoms with Gasteiger partial charge in [-0.1, -0.05) is 20.8 Å². The average molecular weight is 290 g/mol. The molecular formula is C18H23FO2. The summed E-state index contributed by atoms with van der Waals surface area (Å²) in [5, 5.41) is 0. The second-order valence-electron chi connectivity index (χ2n) is 7.42. The second kappa shape index (κ2) is 4.56. The molecule has 21 heavy (non-hydrogen) atoms. The van der Waals surface area contributed by atoms with Crippen LogP contribution in [-0.2, 0) is 0 Å². The van der Waals surface area contributed by atoms with Crippen molar-refractivity contribution in [3.63, 3.8) is 0 Å². The molecule has 0 aromatic heterocycles. The van der Waals surface area contributed by atoms with Crippen molar-refractivity contribution in [3.8, 4) is 5.75 Å². The second-order valence-corrected chi connectivity index (χ2v) is 7.42. The summed E-state index contributed by atoms with van der Waals surface area (Å²) in [6, 6.07) is 4.51. The molecule has 3 atom stereocenters. The Kier molecular flexibility index (Phi) is 3.16. The Morgan fingerprint density at radius 3 is 2.52 bits per heavy atom. The molecule has 2 saturated carbocycles. The van der Waals surface area contributed by atoms with E-state index in [2.05, 4.69) is 20.8 Å². The van der Waals surface area contributed by atoms with Gasteiger partial charge in [0.15, 0.2) is 17.3 Å². The topological polar surface area (TPSA) is 26.3 Å². The van der Waals surface area contributed by atoms with Gasteiger partial charge < -0.3 is 4.74 Å². The molecule has 2 aliphatic rings. The van der Waals surface area contributed by atoms with Crippen LogP contribution in [0.15, 0.2) is 18.2 Å². The van der Waals surface area contributed by atoms with E-state index in [9.17, 15) is 9.18 Å². The highest BCUT2D eigenvalue weighted by Gasteiger charge is 2.62. The predicted octanol–water partition coefficient (Wildman–Crippen LogP) is 4.62. The van der Waals surface area contributed by atoms with Gasteiger partial charge in [0.1, 0.15) is 6.10 Å².